The Labute approximate surface area is 113 Å². The molecule has 0 spiro atoms. The van der Waals surface area contributed by atoms with Gasteiger partial charge in [-0.15, -0.1) is 12.6 Å². The summed E-state index contributed by atoms with van der Waals surface area (Å²) in [6, 6.07) is 4.29. The van der Waals surface area contributed by atoms with Crippen molar-refractivity contribution in [2.75, 3.05) is 5.94 Å². The van der Waals surface area contributed by atoms with E-state index in [1.807, 2.05) is 18.7 Å². The molecule has 0 saturated carbocycles. The summed E-state index contributed by atoms with van der Waals surface area (Å²) in [5.74, 6) is 1.34. The summed E-state index contributed by atoms with van der Waals surface area (Å²) in [7, 11) is 0. The van der Waals surface area contributed by atoms with E-state index in [4.69, 9.17) is 4.74 Å². The molecule has 0 atom stereocenters. The molecule has 2 rings (SSSR count). The Kier molecular flexibility index (Phi) is 4.31. The number of aryl methyl sites for hydroxylation is 4. The molecule has 96 valence electrons. The molecule has 0 aliphatic rings. The van der Waals surface area contributed by atoms with Gasteiger partial charge in [0.25, 0.3) is 0 Å². The zero-order valence-electron chi connectivity index (χ0n) is 10.8. The van der Waals surface area contributed by atoms with Crippen LogP contribution in [0, 0.1) is 13.8 Å². The molecule has 1 aromatic carbocycles. The lowest BCUT2D eigenvalue weighted by Crippen LogP contribution is -2.02. The van der Waals surface area contributed by atoms with Crippen molar-refractivity contribution in [3.63, 3.8) is 0 Å². The quantitative estimate of drug-likeness (QED) is 0.662. The molecule has 18 heavy (non-hydrogen) atoms. The minimum atomic E-state index is 0.411. The first kappa shape index (κ1) is 13.0. The molecular weight excluding hydrogens is 244 g/mol. The molecule has 0 bridgehead atoms. The Hall–Kier alpha value is -1.42. The van der Waals surface area contributed by atoms with Gasteiger partial charge in [-0.05, 0) is 43.0 Å². The summed E-state index contributed by atoms with van der Waals surface area (Å²) in [4.78, 5) is 4.05. The second-order valence-corrected chi connectivity index (χ2v) is 4.63. The van der Waals surface area contributed by atoms with Crippen LogP contribution in [0.1, 0.15) is 16.7 Å². The summed E-state index contributed by atoms with van der Waals surface area (Å²) in [5.41, 5.74) is 3.78. The molecule has 0 unspecified atom stereocenters. The van der Waals surface area contributed by atoms with Gasteiger partial charge in [-0.25, -0.2) is 4.98 Å². The highest BCUT2D eigenvalue weighted by Crippen LogP contribution is 2.23. The lowest BCUT2D eigenvalue weighted by atomic mass is 10.0. The normalized spacial score (nSPS) is 10.6. The molecule has 1 aromatic heterocycles. The molecule has 4 heteroatoms. The standard InChI is InChI=1S/C14H18N2OS/c1-11-8-14(17-10-18)12(2)7-13(11)3-5-16-6-4-15-9-16/h4,6-9,18H,3,5,10H2,1-2H3. The highest BCUT2D eigenvalue weighted by atomic mass is 32.1. The second-order valence-electron chi connectivity index (χ2n) is 4.37. The van der Waals surface area contributed by atoms with Crippen molar-refractivity contribution in [3.05, 3.63) is 47.5 Å². The molecule has 0 aliphatic carbocycles. The Balaban J connectivity index is 2.11. The van der Waals surface area contributed by atoms with Gasteiger partial charge in [0.1, 0.15) is 11.7 Å². The van der Waals surface area contributed by atoms with Crippen LogP contribution in [0.15, 0.2) is 30.9 Å². The maximum atomic E-state index is 5.47. The fourth-order valence-electron chi connectivity index (χ4n) is 2.01. The average molecular weight is 262 g/mol. The summed E-state index contributed by atoms with van der Waals surface area (Å²) in [6.45, 7) is 5.14. The average Bonchev–Trinajstić information content (AvgIpc) is 2.85. The minimum Gasteiger partial charge on any atom is -0.483 e. The molecule has 0 aliphatic heterocycles. The van der Waals surface area contributed by atoms with Crippen LogP contribution in [0.4, 0.5) is 0 Å². The Morgan fingerprint density at radius 2 is 2.11 bits per heavy atom. The third kappa shape index (κ3) is 3.07. The lowest BCUT2D eigenvalue weighted by Gasteiger charge is -2.12. The fraction of sp³-hybridized carbons (Fsp3) is 0.357. The fourth-order valence-corrected chi connectivity index (χ4v) is 2.15. The topological polar surface area (TPSA) is 27.1 Å². The van der Waals surface area contributed by atoms with Crippen LogP contribution in [0.5, 0.6) is 5.75 Å². The first-order chi connectivity index (χ1) is 8.70. The number of imidazole rings is 1. The van der Waals surface area contributed by atoms with Crippen LogP contribution in [-0.2, 0) is 13.0 Å². The van der Waals surface area contributed by atoms with E-state index >= 15 is 0 Å². The number of hydrogen-bond donors (Lipinski definition) is 1. The monoisotopic (exact) mass is 262 g/mol. The van der Waals surface area contributed by atoms with Crippen molar-refractivity contribution in [1.82, 2.24) is 9.55 Å². The zero-order valence-corrected chi connectivity index (χ0v) is 11.7. The van der Waals surface area contributed by atoms with Crippen molar-refractivity contribution in [2.45, 2.75) is 26.8 Å². The van der Waals surface area contributed by atoms with E-state index in [1.54, 1.807) is 0 Å². The zero-order chi connectivity index (χ0) is 13.0. The van der Waals surface area contributed by atoms with Crippen LogP contribution in [-0.4, -0.2) is 15.5 Å². The second kappa shape index (κ2) is 5.96. The Bertz CT molecular complexity index is 509. The molecule has 0 fully saturated rings. The Morgan fingerprint density at radius 3 is 2.78 bits per heavy atom. The van der Waals surface area contributed by atoms with Crippen LogP contribution >= 0.6 is 12.6 Å². The molecular formula is C14H18N2OS. The third-order valence-corrected chi connectivity index (χ3v) is 3.18. The van der Waals surface area contributed by atoms with Gasteiger partial charge in [0, 0.05) is 18.9 Å². The highest BCUT2D eigenvalue weighted by Gasteiger charge is 2.05. The van der Waals surface area contributed by atoms with E-state index in [1.165, 1.54) is 11.1 Å². The summed E-state index contributed by atoms with van der Waals surface area (Å²) in [5, 5.41) is 0. The predicted molar refractivity (Wildman–Crippen MR) is 76.3 cm³/mol. The first-order valence-electron chi connectivity index (χ1n) is 6.00. The Morgan fingerprint density at radius 1 is 1.28 bits per heavy atom. The van der Waals surface area contributed by atoms with Gasteiger partial charge < -0.3 is 9.30 Å². The molecule has 0 saturated heterocycles. The smallest absolute Gasteiger partial charge is 0.131 e. The number of nitrogens with zero attached hydrogens (tertiary/aromatic N) is 2. The molecule has 0 radical (unpaired) electrons. The van der Waals surface area contributed by atoms with Gasteiger partial charge >= 0.3 is 0 Å². The van der Waals surface area contributed by atoms with E-state index in [-0.39, 0.29) is 0 Å². The van der Waals surface area contributed by atoms with Gasteiger partial charge in [-0.2, -0.15) is 0 Å². The number of rotatable bonds is 5. The van der Waals surface area contributed by atoms with Gasteiger partial charge in [0.05, 0.1) is 6.33 Å². The minimum absolute atomic E-state index is 0.411. The number of ether oxygens (including phenoxy) is 1. The lowest BCUT2D eigenvalue weighted by molar-refractivity contribution is 0.391. The van der Waals surface area contributed by atoms with Crippen LogP contribution in [0.3, 0.4) is 0 Å². The van der Waals surface area contributed by atoms with Crippen molar-refractivity contribution >= 4 is 12.6 Å². The summed E-state index contributed by atoms with van der Waals surface area (Å²) < 4.78 is 7.56. The van der Waals surface area contributed by atoms with E-state index in [0.717, 1.165) is 24.3 Å². The van der Waals surface area contributed by atoms with Gasteiger partial charge in [-0.1, -0.05) is 6.07 Å². The molecule has 1 heterocycles. The van der Waals surface area contributed by atoms with Crippen molar-refractivity contribution in [3.8, 4) is 5.75 Å². The highest BCUT2D eigenvalue weighted by molar-refractivity contribution is 7.80. The third-order valence-electron chi connectivity index (χ3n) is 3.05. The van der Waals surface area contributed by atoms with Crippen molar-refractivity contribution < 1.29 is 4.74 Å². The first-order valence-corrected chi connectivity index (χ1v) is 6.63. The van der Waals surface area contributed by atoms with E-state index < -0.39 is 0 Å². The summed E-state index contributed by atoms with van der Waals surface area (Å²) >= 11 is 4.09. The van der Waals surface area contributed by atoms with E-state index in [2.05, 4.69) is 48.2 Å². The molecule has 2 aromatic rings. The molecule has 0 N–H and O–H groups in total. The van der Waals surface area contributed by atoms with Gasteiger partial charge in [-0.3, -0.25) is 0 Å². The maximum Gasteiger partial charge on any atom is 0.131 e. The maximum absolute atomic E-state index is 5.47. The van der Waals surface area contributed by atoms with Crippen molar-refractivity contribution in [2.24, 2.45) is 0 Å². The number of hydrogen-bond acceptors (Lipinski definition) is 3. The van der Waals surface area contributed by atoms with Crippen LogP contribution in [0.25, 0.3) is 0 Å². The number of benzene rings is 1. The largest absolute Gasteiger partial charge is 0.483 e. The molecule has 0 amide bonds. The van der Waals surface area contributed by atoms with E-state index in [9.17, 15) is 0 Å². The van der Waals surface area contributed by atoms with Crippen LogP contribution < -0.4 is 4.74 Å². The number of aromatic nitrogens is 2. The van der Waals surface area contributed by atoms with E-state index in [0.29, 0.717) is 5.94 Å². The van der Waals surface area contributed by atoms with Gasteiger partial charge in [0.2, 0.25) is 0 Å². The SMILES string of the molecule is Cc1cc(OCS)c(C)cc1CCn1ccnc1. The number of thiol groups is 1. The predicted octanol–water partition coefficient (Wildman–Crippen LogP) is 3.01. The molecule has 3 nitrogen and oxygen atoms in total. The van der Waals surface area contributed by atoms with Crippen molar-refractivity contribution in [1.29, 1.82) is 0 Å². The summed E-state index contributed by atoms with van der Waals surface area (Å²) in [6.07, 6.45) is 6.65. The van der Waals surface area contributed by atoms with Crippen LogP contribution in [0.2, 0.25) is 0 Å². The van der Waals surface area contributed by atoms with Gasteiger partial charge in [0.15, 0.2) is 0 Å².